The average molecular weight is 417 g/mol. The lowest BCUT2D eigenvalue weighted by molar-refractivity contribution is -0.217. The Labute approximate surface area is 179 Å². The zero-order valence-electron chi connectivity index (χ0n) is 18.7. The zero-order chi connectivity index (χ0) is 21.7. The van der Waals surface area contributed by atoms with Gasteiger partial charge in [0.05, 0.1) is 24.0 Å². The fourth-order valence-electron chi connectivity index (χ4n) is 9.12. The number of hydrogen-bond donors (Lipinski definition) is 2. The van der Waals surface area contributed by atoms with Gasteiger partial charge in [0, 0.05) is 5.41 Å². The number of hydrogen-bond acceptors (Lipinski definition) is 4. The van der Waals surface area contributed by atoms with E-state index in [4.69, 9.17) is 4.74 Å². The van der Waals surface area contributed by atoms with Crippen molar-refractivity contribution in [2.75, 3.05) is 6.61 Å². The topological polar surface area (TPSA) is 87.1 Å². The van der Waals surface area contributed by atoms with Crippen LogP contribution in [0.3, 0.4) is 0 Å². The van der Waals surface area contributed by atoms with Crippen molar-refractivity contribution in [3.63, 3.8) is 0 Å². The molecule has 0 amide bonds. The number of carbonyl (C=O) groups is 2. The Kier molecular flexibility index (Phi) is 4.27. The van der Waals surface area contributed by atoms with Crippen LogP contribution in [0.5, 0.6) is 0 Å². The van der Waals surface area contributed by atoms with E-state index in [0.717, 1.165) is 37.7 Å². The van der Waals surface area contributed by atoms with Crippen molar-refractivity contribution in [3.8, 4) is 0 Å². The predicted molar refractivity (Wildman–Crippen MR) is 112 cm³/mol. The highest BCUT2D eigenvalue weighted by molar-refractivity contribution is 5.98. The number of rotatable bonds is 3. The number of carboxylic acid groups (broad SMARTS) is 1. The van der Waals surface area contributed by atoms with Crippen LogP contribution >= 0.6 is 0 Å². The second-order valence-corrected chi connectivity index (χ2v) is 11.5. The fourth-order valence-corrected chi connectivity index (χ4v) is 9.12. The summed E-state index contributed by atoms with van der Waals surface area (Å²) in [6, 6.07) is 0. The molecule has 9 unspecified atom stereocenters. The molecule has 166 valence electrons. The van der Waals surface area contributed by atoms with Crippen molar-refractivity contribution in [1.82, 2.24) is 0 Å². The first-order chi connectivity index (χ1) is 14.1. The summed E-state index contributed by atoms with van der Waals surface area (Å²) < 4.78 is 6.11. The van der Waals surface area contributed by atoms with Crippen LogP contribution in [0.25, 0.3) is 0 Å². The molecule has 0 aromatic rings. The van der Waals surface area contributed by atoms with E-state index in [9.17, 15) is 19.8 Å². The summed E-state index contributed by atoms with van der Waals surface area (Å²) >= 11 is 0. The fraction of sp³-hybridized carbons (Fsp3) is 0.840. The molecular formula is C25H36O5. The van der Waals surface area contributed by atoms with Gasteiger partial charge in [-0.2, -0.15) is 0 Å². The van der Waals surface area contributed by atoms with Crippen LogP contribution in [0, 0.1) is 39.9 Å². The normalized spacial score (nSPS) is 54.4. The van der Waals surface area contributed by atoms with Gasteiger partial charge in [-0.15, -0.1) is 0 Å². The Hall–Kier alpha value is -1.20. The first-order valence-electron chi connectivity index (χ1n) is 11.8. The van der Waals surface area contributed by atoms with Crippen LogP contribution in [0.15, 0.2) is 11.6 Å². The molecule has 5 aliphatic rings. The molecule has 5 nitrogen and oxygen atoms in total. The van der Waals surface area contributed by atoms with Crippen molar-refractivity contribution < 1.29 is 24.5 Å². The maximum absolute atomic E-state index is 13.7. The summed E-state index contributed by atoms with van der Waals surface area (Å²) in [6.45, 7) is 8.55. The van der Waals surface area contributed by atoms with E-state index in [2.05, 4.69) is 6.92 Å². The third-order valence-electron chi connectivity index (χ3n) is 10.8. The number of fused-ring (bicyclic) bond motifs is 4. The molecule has 1 aliphatic heterocycles. The van der Waals surface area contributed by atoms with Crippen molar-refractivity contribution in [2.45, 2.75) is 84.3 Å². The Morgan fingerprint density at radius 3 is 2.37 bits per heavy atom. The number of carboxylic acids is 1. The minimum Gasteiger partial charge on any atom is -0.481 e. The van der Waals surface area contributed by atoms with E-state index in [1.807, 2.05) is 26.8 Å². The lowest BCUT2D eigenvalue weighted by atomic mass is 9.39. The van der Waals surface area contributed by atoms with Crippen molar-refractivity contribution in [1.29, 1.82) is 0 Å². The number of carbonyl (C=O) groups excluding carboxylic acids is 1. The third kappa shape index (κ3) is 2.21. The van der Waals surface area contributed by atoms with E-state index < -0.39 is 22.9 Å². The molecule has 9 atom stereocenters. The number of epoxide rings is 1. The van der Waals surface area contributed by atoms with Crippen LogP contribution < -0.4 is 0 Å². The van der Waals surface area contributed by atoms with E-state index in [0.29, 0.717) is 25.4 Å². The van der Waals surface area contributed by atoms with Crippen LogP contribution in [0.1, 0.15) is 72.6 Å². The molecule has 2 spiro atoms. The SMILES string of the molecule is CC=C(C)C(=O)C1C23CCC4C(C)(C(=O)O)CCC(O)C4(C)C2CCC(C3)C12CO2. The van der Waals surface area contributed by atoms with Gasteiger partial charge in [-0.1, -0.05) is 13.0 Å². The second kappa shape index (κ2) is 6.19. The molecule has 2 bridgehead atoms. The monoisotopic (exact) mass is 416 g/mol. The number of aliphatic hydroxyl groups is 1. The molecule has 1 saturated heterocycles. The Morgan fingerprint density at radius 1 is 1.07 bits per heavy atom. The predicted octanol–water partition coefficient (Wildman–Crippen LogP) is 3.99. The van der Waals surface area contributed by atoms with Crippen LogP contribution in [0.4, 0.5) is 0 Å². The van der Waals surface area contributed by atoms with Gasteiger partial charge >= 0.3 is 5.97 Å². The molecule has 30 heavy (non-hydrogen) atoms. The van der Waals surface area contributed by atoms with Crippen LogP contribution in [-0.4, -0.2) is 40.3 Å². The van der Waals surface area contributed by atoms with Gasteiger partial charge in [0.25, 0.3) is 0 Å². The summed E-state index contributed by atoms with van der Waals surface area (Å²) in [5.74, 6) is -0.149. The highest BCUT2D eigenvalue weighted by Crippen LogP contribution is 2.77. The largest absolute Gasteiger partial charge is 0.481 e. The van der Waals surface area contributed by atoms with E-state index in [1.165, 1.54) is 0 Å². The highest BCUT2D eigenvalue weighted by atomic mass is 16.6. The molecular weight excluding hydrogens is 380 g/mol. The van der Waals surface area contributed by atoms with Crippen molar-refractivity contribution >= 4 is 11.8 Å². The van der Waals surface area contributed by atoms with Gasteiger partial charge in [-0.05, 0) is 94.5 Å². The molecule has 0 aromatic carbocycles. The summed E-state index contributed by atoms with van der Waals surface area (Å²) in [4.78, 5) is 26.0. The molecule has 5 fully saturated rings. The van der Waals surface area contributed by atoms with Crippen LogP contribution in [0.2, 0.25) is 0 Å². The van der Waals surface area contributed by atoms with Crippen molar-refractivity contribution in [2.24, 2.45) is 39.9 Å². The van der Waals surface area contributed by atoms with Crippen LogP contribution in [-0.2, 0) is 14.3 Å². The smallest absolute Gasteiger partial charge is 0.309 e. The summed E-state index contributed by atoms with van der Waals surface area (Å²) in [5.41, 5.74) is -0.962. The molecule has 1 heterocycles. The minimum absolute atomic E-state index is 0.0614. The number of allylic oxidation sites excluding steroid dienone is 2. The summed E-state index contributed by atoms with van der Waals surface area (Å²) in [7, 11) is 0. The van der Waals surface area contributed by atoms with Gasteiger partial charge in [-0.25, -0.2) is 0 Å². The quantitative estimate of drug-likeness (QED) is 0.537. The lowest BCUT2D eigenvalue weighted by Crippen LogP contribution is -2.64. The molecule has 4 aliphatic carbocycles. The lowest BCUT2D eigenvalue weighted by Gasteiger charge is -2.65. The van der Waals surface area contributed by atoms with Gasteiger partial charge in [0.2, 0.25) is 0 Å². The summed E-state index contributed by atoms with van der Waals surface area (Å²) in [5, 5.41) is 21.5. The standard InChI is InChI=1S/C25H36O5/c1-5-14(2)19(27)20-24-11-8-16-22(3,21(28)29)10-9-18(26)23(16,4)17(24)7-6-15(12-24)25(20)13-30-25/h5,15-18,20,26H,6-13H2,1-4H3,(H,28,29). The third-order valence-corrected chi connectivity index (χ3v) is 10.8. The highest BCUT2D eigenvalue weighted by Gasteiger charge is 2.78. The van der Waals surface area contributed by atoms with Gasteiger partial charge in [0.1, 0.15) is 5.60 Å². The number of ketones is 1. The van der Waals surface area contributed by atoms with Gasteiger partial charge in [0.15, 0.2) is 5.78 Å². The molecule has 5 rings (SSSR count). The molecule has 2 N–H and O–H groups in total. The summed E-state index contributed by atoms with van der Waals surface area (Å²) in [6.07, 6.45) is 7.08. The number of Topliss-reactive ketones (excluding diaryl/α,β-unsaturated/α-hetero) is 1. The second-order valence-electron chi connectivity index (χ2n) is 11.5. The van der Waals surface area contributed by atoms with E-state index in [-0.39, 0.29) is 34.6 Å². The Bertz CT molecular complexity index is 827. The zero-order valence-corrected chi connectivity index (χ0v) is 18.7. The molecule has 0 radical (unpaired) electrons. The first-order valence-corrected chi connectivity index (χ1v) is 11.8. The van der Waals surface area contributed by atoms with Gasteiger partial charge in [-0.3, -0.25) is 9.59 Å². The molecule has 0 aromatic heterocycles. The average Bonchev–Trinajstić information content (AvgIpc) is 3.48. The maximum Gasteiger partial charge on any atom is 0.309 e. The minimum atomic E-state index is -0.808. The number of aliphatic carboxylic acids is 1. The van der Waals surface area contributed by atoms with E-state index in [1.54, 1.807) is 0 Å². The Morgan fingerprint density at radius 2 is 1.77 bits per heavy atom. The Balaban J connectivity index is 1.64. The van der Waals surface area contributed by atoms with E-state index >= 15 is 0 Å². The van der Waals surface area contributed by atoms with Crippen molar-refractivity contribution in [3.05, 3.63) is 11.6 Å². The first kappa shape index (κ1) is 20.7. The number of aliphatic hydroxyl groups excluding tert-OH is 1. The maximum atomic E-state index is 13.7. The van der Waals surface area contributed by atoms with Gasteiger partial charge < -0.3 is 14.9 Å². The number of ether oxygens (including phenoxy) is 1. The molecule has 4 saturated carbocycles. The molecule has 5 heteroatoms.